The summed E-state index contributed by atoms with van der Waals surface area (Å²) in [5, 5.41) is 21.1. The molecule has 5 heteroatoms. The molecule has 4 atom stereocenters. The van der Waals surface area contributed by atoms with Crippen molar-refractivity contribution in [1.29, 1.82) is 0 Å². The van der Waals surface area contributed by atoms with Crippen molar-refractivity contribution in [3.8, 4) is 0 Å². The van der Waals surface area contributed by atoms with Crippen LogP contribution in [0, 0.1) is 23.7 Å². The third kappa shape index (κ3) is 3.45. The van der Waals surface area contributed by atoms with Gasteiger partial charge >= 0.3 is 5.97 Å². The molecule has 0 aromatic carbocycles. The van der Waals surface area contributed by atoms with Crippen molar-refractivity contribution in [3.63, 3.8) is 0 Å². The highest BCUT2D eigenvalue weighted by molar-refractivity contribution is 5.85. The Labute approximate surface area is 108 Å². The van der Waals surface area contributed by atoms with Gasteiger partial charge in [0.25, 0.3) is 0 Å². The highest BCUT2D eigenvalue weighted by Crippen LogP contribution is 2.36. The van der Waals surface area contributed by atoms with Crippen molar-refractivity contribution in [2.75, 3.05) is 6.61 Å². The fourth-order valence-electron chi connectivity index (χ4n) is 2.57. The molecule has 0 radical (unpaired) electrons. The van der Waals surface area contributed by atoms with Crippen LogP contribution in [0.4, 0.5) is 0 Å². The van der Waals surface area contributed by atoms with Crippen LogP contribution in [0.5, 0.6) is 0 Å². The molecular formula is C13H23NO4. The Bertz CT molecular complexity index is 316. The molecular weight excluding hydrogens is 234 g/mol. The summed E-state index contributed by atoms with van der Waals surface area (Å²) < 4.78 is 0. The Morgan fingerprint density at radius 3 is 2.28 bits per heavy atom. The first-order valence-corrected chi connectivity index (χ1v) is 6.50. The molecule has 1 aliphatic carbocycles. The zero-order valence-electron chi connectivity index (χ0n) is 11.2. The van der Waals surface area contributed by atoms with Crippen molar-refractivity contribution < 1.29 is 19.8 Å². The van der Waals surface area contributed by atoms with Gasteiger partial charge in [-0.05, 0) is 24.7 Å². The Morgan fingerprint density at radius 1 is 1.28 bits per heavy atom. The van der Waals surface area contributed by atoms with Gasteiger partial charge in [-0.15, -0.1) is 0 Å². The van der Waals surface area contributed by atoms with E-state index in [1.807, 2.05) is 20.8 Å². The molecule has 1 rings (SSSR count). The number of hydrogen-bond acceptors (Lipinski definition) is 3. The monoisotopic (exact) mass is 257 g/mol. The topological polar surface area (TPSA) is 86.6 Å². The Hall–Kier alpha value is -1.10. The van der Waals surface area contributed by atoms with Crippen molar-refractivity contribution in [2.45, 2.75) is 39.7 Å². The predicted octanol–water partition coefficient (Wildman–Crippen LogP) is 0.866. The lowest BCUT2D eigenvalue weighted by atomic mass is 9.94. The second kappa shape index (κ2) is 6.18. The van der Waals surface area contributed by atoms with Crippen LogP contribution in [0.3, 0.4) is 0 Å². The molecule has 3 N–H and O–H groups in total. The molecule has 0 aromatic heterocycles. The molecule has 1 amide bonds. The van der Waals surface area contributed by atoms with E-state index in [1.165, 1.54) is 0 Å². The highest BCUT2D eigenvalue weighted by Gasteiger charge is 2.41. The van der Waals surface area contributed by atoms with Gasteiger partial charge in [-0.3, -0.25) is 9.59 Å². The molecule has 0 heterocycles. The van der Waals surface area contributed by atoms with Crippen molar-refractivity contribution in [3.05, 3.63) is 0 Å². The molecule has 18 heavy (non-hydrogen) atoms. The third-order valence-corrected chi connectivity index (χ3v) is 3.78. The SMILES string of the molecule is CC1C[C@H](C(=O)NC(CO)C(C)C)[C@H](C(=O)O)C1. The molecule has 0 aliphatic heterocycles. The largest absolute Gasteiger partial charge is 0.481 e. The first kappa shape index (κ1) is 15.0. The lowest BCUT2D eigenvalue weighted by Crippen LogP contribution is -2.45. The number of carboxylic acid groups (broad SMARTS) is 1. The number of aliphatic hydroxyl groups excluding tert-OH is 1. The Kier molecular flexibility index (Phi) is 5.14. The van der Waals surface area contributed by atoms with E-state index in [0.717, 1.165) is 0 Å². The lowest BCUT2D eigenvalue weighted by molar-refractivity contribution is -0.146. The highest BCUT2D eigenvalue weighted by atomic mass is 16.4. The lowest BCUT2D eigenvalue weighted by Gasteiger charge is -2.23. The van der Waals surface area contributed by atoms with E-state index in [9.17, 15) is 14.7 Å². The van der Waals surface area contributed by atoms with Gasteiger partial charge in [0.1, 0.15) is 0 Å². The first-order chi connectivity index (χ1) is 8.36. The normalized spacial score (nSPS) is 29.3. The number of hydrogen-bond donors (Lipinski definition) is 3. The number of rotatable bonds is 5. The van der Waals surface area contributed by atoms with Crippen molar-refractivity contribution >= 4 is 11.9 Å². The zero-order valence-corrected chi connectivity index (χ0v) is 11.2. The molecule has 1 aliphatic rings. The predicted molar refractivity (Wildman–Crippen MR) is 66.9 cm³/mol. The summed E-state index contributed by atoms with van der Waals surface area (Å²) >= 11 is 0. The van der Waals surface area contributed by atoms with E-state index < -0.39 is 17.8 Å². The number of carbonyl (C=O) groups excluding carboxylic acids is 1. The minimum atomic E-state index is -0.899. The average molecular weight is 257 g/mol. The van der Waals surface area contributed by atoms with E-state index in [0.29, 0.717) is 12.8 Å². The summed E-state index contributed by atoms with van der Waals surface area (Å²) in [5.74, 6) is -1.81. The molecule has 2 unspecified atom stereocenters. The maximum Gasteiger partial charge on any atom is 0.307 e. The molecule has 1 fully saturated rings. The Morgan fingerprint density at radius 2 is 1.83 bits per heavy atom. The minimum absolute atomic E-state index is 0.122. The van der Waals surface area contributed by atoms with Gasteiger partial charge in [-0.25, -0.2) is 0 Å². The first-order valence-electron chi connectivity index (χ1n) is 6.50. The molecule has 0 saturated heterocycles. The van der Waals surface area contributed by atoms with Gasteiger partial charge in [0.05, 0.1) is 24.5 Å². The summed E-state index contributed by atoms with van der Waals surface area (Å²) in [4.78, 5) is 23.2. The summed E-state index contributed by atoms with van der Waals surface area (Å²) in [6, 6.07) is -0.303. The van der Waals surface area contributed by atoms with E-state index >= 15 is 0 Å². The van der Waals surface area contributed by atoms with Crippen LogP contribution < -0.4 is 5.32 Å². The van der Waals surface area contributed by atoms with Gasteiger partial charge in [0, 0.05) is 0 Å². The summed E-state index contributed by atoms with van der Waals surface area (Å²) in [6.45, 7) is 5.67. The zero-order chi connectivity index (χ0) is 13.9. The maximum atomic E-state index is 12.1. The van der Waals surface area contributed by atoms with E-state index in [4.69, 9.17) is 5.11 Å². The van der Waals surface area contributed by atoms with Crippen LogP contribution in [-0.4, -0.2) is 34.7 Å². The van der Waals surface area contributed by atoms with Gasteiger partial charge < -0.3 is 15.5 Å². The number of carboxylic acids is 1. The quantitative estimate of drug-likeness (QED) is 0.682. The molecule has 0 aromatic rings. The second-order valence-electron chi connectivity index (χ2n) is 5.67. The van der Waals surface area contributed by atoms with Crippen LogP contribution in [0.25, 0.3) is 0 Å². The Balaban J connectivity index is 2.68. The van der Waals surface area contributed by atoms with Crippen LogP contribution in [-0.2, 0) is 9.59 Å². The number of aliphatic carboxylic acids is 1. The van der Waals surface area contributed by atoms with Crippen LogP contribution in [0.1, 0.15) is 33.6 Å². The van der Waals surface area contributed by atoms with Gasteiger partial charge in [0.2, 0.25) is 5.91 Å². The standard InChI is InChI=1S/C13H23NO4/c1-7(2)11(6-15)14-12(16)9-4-8(3)5-10(9)13(17)18/h7-11,15H,4-6H2,1-3H3,(H,14,16)(H,17,18)/t8?,9-,10+,11?/m0/s1. The second-order valence-corrected chi connectivity index (χ2v) is 5.67. The number of amides is 1. The summed E-state index contributed by atoms with van der Waals surface area (Å²) in [6.07, 6.45) is 1.16. The van der Waals surface area contributed by atoms with Gasteiger partial charge in [-0.1, -0.05) is 20.8 Å². The van der Waals surface area contributed by atoms with E-state index in [1.54, 1.807) is 0 Å². The number of nitrogens with one attached hydrogen (secondary N) is 1. The number of aliphatic hydroxyl groups is 1. The van der Waals surface area contributed by atoms with E-state index in [2.05, 4.69) is 5.32 Å². The van der Waals surface area contributed by atoms with Crippen LogP contribution in [0.2, 0.25) is 0 Å². The smallest absolute Gasteiger partial charge is 0.307 e. The fraction of sp³-hybridized carbons (Fsp3) is 0.846. The summed E-state index contributed by atoms with van der Waals surface area (Å²) in [7, 11) is 0. The molecule has 1 saturated carbocycles. The fourth-order valence-corrected chi connectivity index (χ4v) is 2.57. The minimum Gasteiger partial charge on any atom is -0.481 e. The van der Waals surface area contributed by atoms with Gasteiger partial charge in [-0.2, -0.15) is 0 Å². The molecule has 104 valence electrons. The van der Waals surface area contributed by atoms with Gasteiger partial charge in [0.15, 0.2) is 0 Å². The van der Waals surface area contributed by atoms with E-state index in [-0.39, 0.29) is 30.4 Å². The molecule has 0 bridgehead atoms. The van der Waals surface area contributed by atoms with Crippen LogP contribution in [0.15, 0.2) is 0 Å². The van der Waals surface area contributed by atoms with Crippen molar-refractivity contribution in [2.24, 2.45) is 23.7 Å². The average Bonchev–Trinajstić information content (AvgIpc) is 2.67. The molecule has 0 spiro atoms. The third-order valence-electron chi connectivity index (χ3n) is 3.78. The van der Waals surface area contributed by atoms with Crippen LogP contribution >= 0.6 is 0 Å². The number of carbonyl (C=O) groups is 2. The summed E-state index contributed by atoms with van der Waals surface area (Å²) in [5.41, 5.74) is 0. The molecule has 5 nitrogen and oxygen atoms in total. The van der Waals surface area contributed by atoms with Crippen molar-refractivity contribution in [1.82, 2.24) is 5.32 Å². The maximum absolute atomic E-state index is 12.1.